The Labute approximate surface area is 108 Å². The van der Waals surface area contributed by atoms with Crippen LogP contribution in [0.1, 0.15) is 6.92 Å². The molecule has 3 unspecified atom stereocenters. The number of aliphatic hydroxyl groups excluding tert-OH is 3. The van der Waals surface area contributed by atoms with Gasteiger partial charge < -0.3 is 35.2 Å². The molecule has 0 spiro atoms. The largest absolute Gasteiger partial charge is 0.480 e. The molecule has 0 aromatic carbocycles. The van der Waals surface area contributed by atoms with Gasteiger partial charge in [-0.15, -0.1) is 0 Å². The van der Waals surface area contributed by atoms with E-state index in [1.807, 2.05) is 0 Å². The Balaban J connectivity index is 2.79. The molecule has 9 nitrogen and oxygen atoms in total. The first kappa shape index (κ1) is 15.8. The molecule has 1 fully saturated rings. The van der Waals surface area contributed by atoms with Gasteiger partial charge in [0.05, 0.1) is 6.61 Å². The predicted octanol–water partition coefficient (Wildman–Crippen LogP) is -2.97. The minimum atomic E-state index is -1.45. The number of hydrogen-bond donors (Lipinski definition) is 5. The summed E-state index contributed by atoms with van der Waals surface area (Å²) in [4.78, 5) is 21.5. The Kier molecular flexibility index (Phi) is 5.63. The van der Waals surface area contributed by atoms with E-state index in [1.54, 1.807) is 0 Å². The zero-order chi connectivity index (χ0) is 14.6. The van der Waals surface area contributed by atoms with Crippen LogP contribution in [-0.2, 0) is 19.1 Å². The molecule has 1 aliphatic rings. The van der Waals surface area contributed by atoms with Gasteiger partial charge in [0.25, 0.3) is 0 Å². The van der Waals surface area contributed by atoms with Crippen molar-refractivity contribution in [1.82, 2.24) is 5.32 Å². The summed E-state index contributed by atoms with van der Waals surface area (Å²) in [6.07, 6.45) is -5.28. The number of carboxylic acids is 1. The second-order valence-electron chi connectivity index (χ2n) is 4.14. The Morgan fingerprint density at radius 3 is 2.42 bits per heavy atom. The monoisotopic (exact) mass is 279 g/mol. The molecule has 0 radical (unpaired) electrons. The van der Waals surface area contributed by atoms with Crippen molar-refractivity contribution in [2.45, 2.75) is 37.6 Å². The van der Waals surface area contributed by atoms with E-state index in [-0.39, 0.29) is 0 Å². The Morgan fingerprint density at radius 1 is 1.32 bits per heavy atom. The molecular weight excluding hydrogens is 262 g/mol. The quantitative estimate of drug-likeness (QED) is 0.358. The number of carboxylic acid groups (broad SMARTS) is 1. The van der Waals surface area contributed by atoms with E-state index >= 15 is 0 Å². The lowest BCUT2D eigenvalue weighted by Crippen LogP contribution is -2.64. The van der Waals surface area contributed by atoms with Gasteiger partial charge in [-0.2, -0.15) is 0 Å². The Hall–Kier alpha value is -1.26. The van der Waals surface area contributed by atoms with E-state index in [1.165, 1.54) is 6.92 Å². The van der Waals surface area contributed by atoms with Crippen molar-refractivity contribution in [2.24, 2.45) is 0 Å². The molecule has 0 bridgehead atoms. The van der Waals surface area contributed by atoms with Gasteiger partial charge in [0.1, 0.15) is 31.0 Å². The molecule has 0 aromatic heterocycles. The van der Waals surface area contributed by atoms with Gasteiger partial charge >= 0.3 is 5.97 Å². The topological polar surface area (TPSA) is 146 Å². The molecular formula is C10H17NO8. The van der Waals surface area contributed by atoms with Gasteiger partial charge in [-0.25, -0.2) is 4.79 Å². The van der Waals surface area contributed by atoms with Crippen molar-refractivity contribution in [3.63, 3.8) is 0 Å². The summed E-state index contributed by atoms with van der Waals surface area (Å²) in [7, 11) is 0. The van der Waals surface area contributed by atoms with Crippen LogP contribution in [0.25, 0.3) is 0 Å². The normalized spacial score (nSPS) is 34.8. The van der Waals surface area contributed by atoms with Gasteiger partial charge in [0.2, 0.25) is 5.91 Å². The first-order chi connectivity index (χ1) is 8.86. The molecule has 0 aliphatic carbocycles. The number of aliphatic hydroxyl groups is 3. The molecule has 1 heterocycles. The molecule has 5 N–H and O–H groups in total. The molecule has 0 saturated carbocycles. The number of ether oxygens (including phenoxy) is 2. The van der Waals surface area contributed by atoms with Gasteiger partial charge in [-0.1, -0.05) is 0 Å². The zero-order valence-electron chi connectivity index (χ0n) is 10.2. The van der Waals surface area contributed by atoms with E-state index in [9.17, 15) is 19.8 Å². The molecule has 9 heteroatoms. The van der Waals surface area contributed by atoms with Crippen molar-refractivity contribution in [1.29, 1.82) is 0 Å². The summed E-state index contributed by atoms with van der Waals surface area (Å²) in [5.41, 5.74) is 0. The van der Waals surface area contributed by atoms with E-state index < -0.39 is 55.7 Å². The Bertz CT molecular complexity index is 335. The van der Waals surface area contributed by atoms with E-state index in [0.29, 0.717) is 0 Å². The standard InChI is InChI=1S/C10H17NO8/c1-4(13)11-7-9(17)8(16)5(2-12)19-10(7)18-3-6(14)15/h5,7-10,12,16-17H,2-3H2,1H3,(H,11,13)(H,14,15)/t5?,7?,8-,9?,10-/m1/s1. The molecule has 1 saturated heterocycles. The van der Waals surface area contributed by atoms with Crippen LogP contribution >= 0.6 is 0 Å². The summed E-state index contributed by atoms with van der Waals surface area (Å²) >= 11 is 0. The summed E-state index contributed by atoms with van der Waals surface area (Å²) in [6.45, 7) is -0.106. The van der Waals surface area contributed by atoms with Crippen LogP contribution in [0, 0.1) is 0 Å². The van der Waals surface area contributed by atoms with Crippen LogP contribution in [0.15, 0.2) is 0 Å². The third-order valence-corrected chi connectivity index (χ3v) is 2.62. The average molecular weight is 279 g/mol. The van der Waals surface area contributed by atoms with E-state index in [2.05, 4.69) is 5.32 Å². The van der Waals surface area contributed by atoms with Gasteiger partial charge in [0.15, 0.2) is 6.29 Å². The highest BCUT2D eigenvalue weighted by Crippen LogP contribution is 2.22. The fourth-order valence-corrected chi connectivity index (χ4v) is 1.77. The molecule has 110 valence electrons. The minimum absolute atomic E-state index is 0.508. The van der Waals surface area contributed by atoms with Gasteiger partial charge in [-0.3, -0.25) is 4.79 Å². The highest BCUT2D eigenvalue weighted by Gasteiger charge is 2.45. The molecule has 1 amide bonds. The number of aliphatic carboxylic acids is 1. The maximum atomic E-state index is 11.0. The van der Waals surface area contributed by atoms with Crippen LogP contribution in [0.4, 0.5) is 0 Å². The second-order valence-corrected chi connectivity index (χ2v) is 4.14. The third-order valence-electron chi connectivity index (χ3n) is 2.62. The van der Waals surface area contributed by atoms with E-state index in [4.69, 9.17) is 19.7 Å². The van der Waals surface area contributed by atoms with Crippen LogP contribution in [-0.4, -0.2) is 76.2 Å². The van der Waals surface area contributed by atoms with E-state index in [0.717, 1.165) is 0 Å². The third kappa shape index (κ3) is 4.11. The number of carbonyl (C=O) groups is 2. The van der Waals surface area contributed by atoms with Crippen LogP contribution in [0.3, 0.4) is 0 Å². The first-order valence-electron chi connectivity index (χ1n) is 5.59. The number of amides is 1. The van der Waals surface area contributed by atoms with Crippen LogP contribution in [0.2, 0.25) is 0 Å². The lowest BCUT2D eigenvalue weighted by Gasteiger charge is -2.41. The molecule has 1 rings (SSSR count). The van der Waals surface area contributed by atoms with Crippen LogP contribution in [0.5, 0.6) is 0 Å². The summed E-state index contributed by atoms with van der Waals surface area (Å²) in [6, 6.07) is -1.13. The molecule has 19 heavy (non-hydrogen) atoms. The fraction of sp³-hybridized carbons (Fsp3) is 0.800. The smallest absolute Gasteiger partial charge is 0.329 e. The summed E-state index contributed by atoms with van der Waals surface area (Å²) in [5, 5.41) is 39.3. The zero-order valence-corrected chi connectivity index (χ0v) is 10.2. The highest BCUT2D eigenvalue weighted by molar-refractivity contribution is 5.73. The van der Waals surface area contributed by atoms with Crippen molar-refractivity contribution < 1.29 is 39.5 Å². The summed E-state index contributed by atoms with van der Waals surface area (Å²) in [5.74, 6) is -1.77. The lowest BCUT2D eigenvalue weighted by atomic mass is 9.97. The number of carbonyl (C=O) groups excluding carboxylic acids is 1. The number of rotatable bonds is 5. The average Bonchev–Trinajstić information content (AvgIpc) is 2.33. The minimum Gasteiger partial charge on any atom is -0.480 e. The molecule has 0 aromatic rings. The maximum absolute atomic E-state index is 11.0. The van der Waals surface area contributed by atoms with Crippen molar-refractivity contribution in [3.8, 4) is 0 Å². The maximum Gasteiger partial charge on any atom is 0.329 e. The molecule has 1 aliphatic heterocycles. The highest BCUT2D eigenvalue weighted by atomic mass is 16.7. The summed E-state index contributed by atoms with van der Waals surface area (Å²) < 4.78 is 10.0. The van der Waals surface area contributed by atoms with Crippen molar-refractivity contribution >= 4 is 11.9 Å². The van der Waals surface area contributed by atoms with Gasteiger partial charge in [-0.05, 0) is 0 Å². The van der Waals surface area contributed by atoms with Gasteiger partial charge in [0, 0.05) is 6.92 Å². The van der Waals surface area contributed by atoms with Crippen LogP contribution < -0.4 is 5.32 Å². The fourth-order valence-electron chi connectivity index (χ4n) is 1.77. The van der Waals surface area contributed by atoms with Crippen molar-refractivity contribution in [3.05, 3.63) is 0 Å². The van der Waals surface area contributed by atoms with Crippen molar-refractivity contribution in [2.75, 3.05) is 13.2 Å². The number of hydrogen-bond acceptors (Lipinski definition) is 7. The lowest BCUT2D eigenvalue weighted by molar-refractivity contribution is -0.269. The predicted molar refractivity (Wildman–Crippen MR) is 59.0 cm³/mol. The number of nitrogens with one attached hydrogen (secondary N) is 1. The molecule has 5 atom stereocenters. The Morgan fingerprint density at radius 2 is 1.95 bits per heavy atom. The first-order valence-corrected chi connectivity index (χ1v) is 5.59. The SMILES string of the molecule is CC(=O)NC1C(O)[C@H](O)C(CO)O[C@H]1OCC(=O)O. The second kappa shape index (κ2) is 6.78.